The number of halogens is 2. The molecule has 5 nitrogen and oxygen atoms in total. The van der Waals surface area contributed by atoms with Gasteiger partial charge in [0.2, 0.25) is 0 Å². The van der Waals surface area contributed by atoms with E-state index in [2.05, 4.69) is 0 Å². The Morgan fingerprint density at radius 1 is 1.00 bits per heavy atom. The van der Waals surface area contributed by atoms with Gasteiger partial charge in [-0.15, -0.1) is 0 Å². The van der Waals surface area contributed by atoms with Crippen LogP contribution in [0, 0.1) is 0 Å². The minimum absolute atomic E-state index is 0.111. The first kappa shape index (κ1) is 18.9. The highest BCUT2D eigenvalue weighted by Gasteiger charge is 2.26. The summed E-state index contributed by atoms with van der Waals surface area (Å²) in [6.45, 7) is 7.56. The molecule has 1 fully saturated rings. The molecular weight excluding hydrogens is 351 g/mol. The molecule has 0 saturated carbocycles. The molecule has 0 N–H and O–H groups in total. The Bertz CT molecular complexity index is 629. The van der Waals surface area contributed by atoms with E-state index in [9.17, 15) is 9.59 Å². The predicted molar refractivity (Wildman–Crippen MR) is 94.8 cm³/mol. The number of amides is 2. The van der Waals surface area contributed by atoms with E-state index < -0.39 is 5.60 Å². The molecule has 0 spiro atoms. The standard InChI is InChI=1S/C17H22Cl2N2O3/c1-17(2,3)24-16(23)21-8-4-7-20(9-10-21)15(22)12-5-6-13(18)14(19)11-12/h5-6,11H,4,7-10H2,1-3H3. The van der Waals surface area contributed by atoms with Crippen molar-refractivity contribution in [3.8, 4) is 0 Å². The van der Waals surface area contributed by atoms with E-state index in [1.54, 1.807) is 28.0 Å². The van der Waals surface area contributed by atoms with Crippen LogP contribution in [0.5, 0.6) is 0 Å². The first-order valence-corrected chi connectivity index (χ1v) is 8.65. The van der Waals surface area contributed by atoms with Gasteiger partial charge in [-0.05, 0) is 45.4 Å². The molecule has 0 unspecified atom stereocenters. The normalized spacial score (nSPS) is 15.9. The molecule has 1 heterocycles. The highest BCUT2D eigenvalue weighted by Crippen LogP contribution is 2.23. The second-order valence-electron chi connectivity index (χ2n) is 6.74. The van der Waals surface area contributed by atoms with E-state index in [4.69, 9.17) is 27.9 Å². The predicted octanol–water partition coefficient (Wildman–Crippen LogP) is 4.08. The van der Waals surface area contributed by atoms with Gasteiger partial charge in [0, 0.05) is 31.7 Å². The average Bonchev–Trinajstić information content (AvgIpc) is 2.73. The number of ether oxygens (including phenoxy) is 1. The number of hydrogen-bond acceptors (Lipinski definition) is 3. The third-order valence-electron chi connectivity index (χ3n) is 3.60. The van der Waals surface area contributed by atoms with Gasteiger partial charge in [0.05, 0.1) is 10.0 Å². The lowest BCUT2D eigenvalue weighted by atomic mass is 10.2. The quantitative estimate of drug-likeness (QED) is 0.746. The van der Waals surface area contributed by atoms with E-state index in [1.165, 1.54) is 0 Å². The maximum atomic E-state index is 12.6. The topological polar surface area (TPSA) is 49.9 Å². The number of carbonyl (C=O) groups excluding carboxylic acids is 2. The third-order valence-corrected chi connectivity index (χ3v) is 4.34. The molecule has 1 aliphatic heterocycles. The number of nitrogens with zero attached hydrogens (tertiary/aromatic N) is 2. The van der Waals surface area contributed by atoms with E-state index in [-0.39, 0.29) is 12.0 Å². The van der Waals surface area contributed by atoms with E-state index in [0.29, 0.717) is 48.2 Å². The van der Waals surface area contributed by atoms with Crippen molar-refractivity contribution in [1.82, 2.24) is 9.80 Å². The fourth-order valence-electron chi connectivity index (χ4n) is 2.44. The molecular formula is C17H22Cl2N2O3. The van der Waals surface area contributed by atoms with Crippen molar-refractivity contribution in [3.05, 3.63) is 33.8 Å². The van der Waals surface area contributed by atoms with Gasteiger partial charge in [0.1, 0.15) is 5.60 Å². The molecule has 7 heteroatoms. The minimum Gasteiger partial charge on any atom is -0.444 e. The van der Waals surface area contributed by atoms with Crippen molar-refractivity contribution in [3.63, 3.8) is 0 Å². The van der Waals surface area contributed by atoms with Crippen LogP contribution < -0.4 is 0 Å². The van der Waals surface area contributed by atoms with Crippen molar-refractivity contribution < 1.29 is 14.3 Å². The Balaban J connectivity index is 2.01. The maximum absolute atomic E-state index is 12.6. The highest BCUT2D eigenvalue weighted by molar-refractivity contribution is 6.42. The van der Waals surface area contributed by atoms with Crippen molar-refractivity contribution in [2.75, 3.05) is 26.2 Å². The zero-order chi connectivity index (χ0) is 17.9. The van der Waals surface area contributed by atoms with Crippen LogP contribution >= 0.6 is 23.2 Å². The molecule has 2 amide bonds. The number of carbonyl (C=O) groups is 2. The van der Waals surface area contributed by atoms with Crippen molar-refractivity contribution >= 4 is 35.2 Å². The first-order valence-electron chi connectivity index (χ1n) is 7.89. The van der Waals surface area contributed by atoms with E-state index >= 15 is 0 Å². The minimum atomic E-state index is -0.529. The lowest BCUT2D eigenvalue weighted by Crippen LogP contribution is -2.40. The average molecular weight is 373 g/mol. The Hall–Kier alpha value is -1.46. The molecule has 0 aliphatic carbocycles. The van der Waals surface area contributed by atoms with Crippen LogP contribution in [0.25, 0.3) is 0 Å². The van der Waals surface area contributed by atoms with Crippen LogP contribution in [0.4, 0.5) is 4.79 Å². The molecule has 1 aliphatic rings. The highest BCUT2D eigenvalue weighted by atomic mass is 35.5. The lowest BCUT2D eigenvalue weighted by Gasteiger charge is -2.26. The summed E-state index contributed by atoms with van der Waals surface area (Å²) in [6, 6.07) is 4.85. The van der Waals surface area contributed by atoms with Crippen LogP contribution in [0.1, 0.15) is 37.6 Å². The van der Waals surface area contributed by atoms with Gasteiger partial charge >= 0.3 is 6.09 Å². The van der Waals surface area contributed by atoms with Crippen molar-refractivity contribution in [2.24, 2.45) is 0 Å². The summed E-state index contributed by atoms with van der Waals surface area (Å²) in [5.74, 6) is -0.111. The molecule has 0 aromatic heterocycles. The number of benzene rings is 1. The van der Waals surface area contributed by atoms with Crippen molar-refractivity contribution in [2.45, 2.75) is 32.8 Å². The van der Waals surface area contributed by atoms with Gasteiger partial charge in [-0.2, -0.15) is 0 Å². The summed E-state index contributed by atoms with van der Waals surface area (Å²) in [5.41, 5.74) is -0.0333. The molecule has 0 bridgehead atoms. The monoisotopic (exact) mass is 372 g/mol. The summed E-state index contributed by atoms with van der Waals surface area (Å²) >= 11 is 11.9. The number of hydrogen-bond donors (Lipinski definition) is 0. The molecule has 24 heavy (non-hydrogen) atoms. The SMILES string of the molecule is CC(C)(C)OC(=O)N1CCCN(C(=O)c2ccc(Cl)c(Cl)c2)CC1. The smallest absolute Gasteiger partial charge is 0.410 e. The second-order valence-corrected chi connectivity index (χ2v) is 7.56. The van der Waals surface area contributed by atoms with Crippen LogP contribution in [0.3, 0.4) is 0 Å². The second kappa shape index (κ2) is 7.62. The Morgan fingerprint density at radius 3 is 2.25 bits per heavy atom. The summed E-state index contributed by atoms with van der Waals surface area (Å²) in [4.78, 5) is 28.1. The summed E-state index contributed by atoms with van der Waals surface area (Å²) in [7, 11) is 0. The van der Waals surface area contributed by atoms with Gasteiger partial charge in [-0.1, -0.05) is 23.2 Å². The number of rotatable bonds is 1. The zero-order valence-electron chi connectivity index (χ0n) is 14.1. The summed E-state index contributed by atoms with van der Waals surface area (Å²) < 4.78 is 5.39. The summed E-state index contributed by atoms with van der Waals surface area (Å²) in [5, 5.41) is 0.771. The lowest BCUT2D eigenvalue weighted by molar-refractivity contribution is 0.0255. The molecule has 0 radical (unpaired) electrons. The fraction of sp³-hybridized carbons (Fsp3) is 0.529. The van der Waals surface area contributed by atoms with E-state index in [0.717, 1.165) is 0 Å². The largest absolute Gasteiger partial charge is 0.444 e. The molecule has 0 atom stereocenters. The fourth-order valence-corrected chi connectivity index (χ4v) is 2.74. The maximum Gasteiger partial charge on any atom is 0.410 e. The molecule has 1 aromatic rings. The van der Waals surface area contributed by atoms with Crippen LogP contribution in [0.15, 0.2) is 18.2 Å². The Kier molecular flexibility index (Phi) is 5.99. The van der Waals surface area contributed by atoms with Gasteiger partial charge in [0.25, 0.3) is 5.91 Å². The first-order chi connectivity index (χ1) is 11.2. The molecule has 1 aromatic carbocycles. The van der Waals surface area contributed by atoms with Crippen LogP contribution in [0.2, 0.25) is 10.0 Å². The van der Waals surface area contributed by atoms with Crippen LogP contribution in [-0.2, 0) is 4.74 Å². The Morgan fingerprint density at radius 2 is 1.62 bits per heavy atom. The van der Waals surface area contributed by atoms with E-state index in [1.807, 2.05) is 20.8 Å². The third kappa shape index (κ3) is 5.02. The van der Waals surface area contributed by atoms with Crippen LogP contribution in [-0.4, -0.2) is 53.6 Å². The van der Waals surface area contributed by atoms with Crippen molar-refractivity contribution in [1.29, 1.82) is 0 Å². The van der Waals surface area contributed by atoms with Gasteiger partial charge in [-0.3, -0.25) is 4.79 Å². The molecule has 132 valence electrons. The van der Waals surface area contributed by atoms with Gasteiger partial charge in [0.15, 0.2) is 0 Å². The molecule has 1 saturated heterocycles. The Labute approximate surface area is 152 Å². The zero-order valence-corrected chi connectivity index (χ0v) is 15.7. The van der Waals surface area contributed by atoms with Gasteiger partial charge in [-0.25, -0.2) is 4.79 Å². The van der Waals surface area contributed by atoms with Gasteiger partial charge < -0.3 is 14.5 Å². The molecule has 2 rings (SSSR count). The summed E-state index contributed by atoms with van der Waals surface area (Å²) in [6.07, 6.45) is 0.359.